The molecule has 0 fully saturated rings. The van der Waals surface area contributed by atoms with E-state index in [9.17, 15) is 14.0 Å². The number of carbonyl (C=O) groups excluding carboxylic acids is 2. The predicted molar refractivity (Wildman–Crippen MR) is 144 cm³/mol. The molecular weight excluding hydrogens is 503 g/mol. The molecule has 0 radical (unpaired) electrons. The molecule has 1 amide bonds. The molecule has 1 atom stereocenters. The number of ketones is 1. The first-order chi connectivity index (χ1) is 18.4. The first-order valence-corrected chi connectivity index (χ1v) is 13.0. The van der Waals surface area contributed by atoms with Crippen LogP contribution in [0.5, 0.6) is 11.5 Å². The van der Waals surface area contributed by atoms with Gasteiger partial charge in [-0.25, -0.2) is 9.18 Å². The topological polar surface area (TPSA) is 69.4 Å². The molecule has 3 aromatic heterocycles. The quantitative estimate of drug-likeness (QED) is 0.251. The minimum absolute atomic E-state index is 0.0584. The van der Waals surface area contributed by atoms with Crippen molar-refractivity contribution < 1.29 is 18.7 Å². The minimum Gasteiger partial charge on any atom is -0.457 e. The van der Waals surface area contributed by atoms with E-state index in [-0.39, 0.29) is 23.0 Å². The number of thioether (sulfide) groups is 1. The molecule has 1 unspecified atom stereocenters. The zero-order valence-corrected chi connectivity index (χ0v) is 21.5. The van der Waals surface area contributed by atoms with Gasteiger partial charge in [-0.05, 0) is 48.5 Å². The molecule has 7 nitrogen and oxygen atoms in total. The van der Waals surface area contributed by atoms with Gasteiger partial charge in [-0.3, -0.25) is 14.3 Å². The maximum Gasteiger partial charge on any atom is 0.328 e. The largest absolute Gasteiger partial charge is 0.457 e. The summed E-state index contributed by atoms with van der Waals surface area (Å²) in [7, 11) is 3.32. The van der Waals surface area contributed by atoms with E-state index < -0.39 is 0 Å². The van der Waals surface area contributed by atoms with Crippen molar-refractivity contribution in [1.29, 1.82) is 0 Å². The van der Waals surface area contributed by atoms with Crippen LogP contribution < -0.4 is 4.74 Å². The second kappa shape index (κ2) is 9.50. The maximum absolute atomic E-state index is 13.9. The van der Waals surface area contributed by atoms with Crippen molar-refractivity contribution in [2.45, 2.75) is 11.1 Å². The summed E-state index contributed by atoms with van der Waals surface area (Å²) in [6, 6.07) is 16.4. The van der Waals surface area contributed by atoms with Gasteiger partial charge in [0, 0.05) is 78.5 Å². The van der Waals surface area contributed by atoms with Gasteiger partial charge in [0.05, 0.1) is 5.52 Å². The highest BCUT2D eigenvalue weighted by Crippen LogP contribution is 2.42. The Hall–Kier alpha value is -4.37. The van der Waals surface area contributed by atoms with Gasteiger partial charge in [0.15, 0.2) is 5.78 Å². The van der Waals surface area contributed by atoms with Crippen LogP contribution in [0, 0.1) is 5.82 Å². The molecule has 4 heterocycles. The number of hydrogen-bond donors (Lipinski definition) is 0. The number of fused-ring (bicyclic) bond motifs is 2. The Balaban J connectivity index is 1.39. The SMILES string of the molecule is CN(C)C(=O)n1cc(C(=O)c2ccn3c2CSC3c2cccnc2)c2ccc(Oc3ccc(F)cc3)cc21. The van der Waals surface area contributed by atoms with E-state index in [1.807, 2.05) is 30.6 Å². The second-order valence-corrected chi connectivity index (χ2v) is 10.3. The molecule has 0 aliphatic carbocycles. The fraction of sp³-hybridized carbons (Fsp3) is 0.138. The Morgan fingerprint density at radius 2 is 1.84 bits per heavy atom. The number of benzene rings is 2. The molecule has 0 spiro atoms. The third kappa shape index (κ3) is 4.14. The lowest BCUT2D eigenvalue weighted by Crippen LogP contribution is -2.26. The molecule has 1 aliphatic rings. The van der Waals surface area contributed by atoms with Crippen LogP contribution in [0.25, 0.3) is 10.9 Å². The van der Waals surface area contributed by atoms with Crippen LogP contribution in [-0.2, 0) is 5.75 Å². The highest BCUT2D eigenvalue weighted by Gasteiger charge is 2.30. The summed E-state index contributed by atoms with van der Waals surface area (Å²) < 4.78 is 22.8. The van der Waals surface area contributed by atoms with Gasteiger partial charge in [-0.15, -0.1) is 11.8 Å². The number of nitrogens with zero attached hydrogens (tertiary/aromatic N) is 4. The molecule has 0 bridgehead atoms. The summed E-state index contributed by atoms with van der Waals surface area (Å²) in [5.74, 6) is 1.12. The third-order valence-corrected chi connectivity index (χ3v) is 7.78. The van der Waals surface area contributed by atoms with E-state index in [1.165, 1.54) is 33.7 Å². The van der Waals surface area contributed by atoms with E-state index in [0.29, 0.717) is 39.3 Å². The molecule has 190 valence electrons. The summed E-state index contributed by atoms with van der Waals surface area (Å²) in [4.78, 5) is 32.6. The summed E-state index contributed by atoms with van der Waals surface area (Å²) in [6.45, 7) is 0. The van der Waals surface area contributed by atoms with E-state index in [4.69, 9.17) is 4.74 Å². The van der Waals surface area contributed by atoms with Crippen molar-refractivity contribution in [3.05, 3.63) is 114 Å². The highest BCUT2D eigenvalue weighted by atomic mass is 32.2. The smallest absolute Gasteiger partial charge is 0.328 e. The van der Waals surface area contributed by atoms with E-state index >= 15 is 0 Å². The molecule has 38 heavy (non-hydrogen) atoms. The number of pyridine rings is 1. The molecule has 1 aliphatic heterocycles. The molecular formula is C29H23FN4O3S. The molecule has 0 saturated carbocycles. The average Bonchev–Trinajstić information content (AvgIpc) is 3.63. The fourth-order valence-corrected chi connectivity index (χ4v) is 5.99. The average molecular weight is 527 g/mol. The van der Waals surface area contributed by atoms with Crippen LogP contribution in [-0.4, -0.2) is 44.9 Å². The molecule has 2 aromatic carbocycles. The summed E-state index contributed by atoms with van der Waals surface area (Å²) >= 11 is 1.74. The van der Waals surface area contributed by atoms with Crippen LogP contribution >= 0.6 is 11.8 Å². The van der Waals surface area contributed by atoms with Crippen molar-refractivity contribution >= 4 is 34.5 Å². The predicted octanol–water partition coefficient (Wildman–Crippen LogP) is 6.32. The standard InChI is InChI=1S/C29H23FN4O3S/c1-32(2)29(36)34-16-24(22-10-9-21(14-25(22)34)37-20-7-5-19(30)6-8-20)27(35)23-11-13-33-26(23)17-38-28(33)18-4-3-12-31-15-18/h3-16,28H,17H2,1-2H3. The molecule has 0 saturated heterocycles. The van der Waals surface area contributed by atoms with Crippen LogP contribution in [0.2, 0.25) is 0 Å². The lowest BCUT2D eigenvalue weighted by molar-refractivity contribution is 0.103. The number of carbonyl (C=O) groups is 2. The Morgan fingerprint density at radius 3 is 2.58 bits per heavy atom. The Bertz CT molecular complexity index is 1680. The van der Waals surface area contributed by atoms with Gasteiger partial charge >= 0.3 is 6.03 Å². The summed E-state index contributed by atoms with van der Waals surface area (Å²) in [6.07, 6.45) is 7.14. The van der Waals surface area contributed by atoms with Crippen molar-refractivity contribution in [1.82, 2.24) is 19.0 Å². The normalized spacial score (nSPS) is 14.4. The van der Waals surface area contributed by atoms with Crippen molar-refractivity contribution in [2.75, 3.05) is 14.1 Å². The van der Waals surface area contributed by atoms with Crippen molar-refractivity contribution in [3.63, 3.8) is 0 Å². The first kappa shape index (κ1) is 24.0. The molecule has 6 rings (SSSR count). The Kier molecular flexibility index (Phi) is 6.00. The maximum atomic E-state index is 13.9. The molecule has 5 aromatic rings. The number of amides is 1. The van der Waals surface area contributed by atoms with E-state index in [1.54, 1.807) is 56.5 Å². The molecule has 9 heteroatoms. The van der Waals surface area contributed by atoms with Crippen LogP contribution in [0.4, 0.5) is 9.18 Å². The first-order valence-electron chi connectivity index (χ1n) is 12.0. The highest BCUT2D eigenvalue weighted by molar-refractivity contribution is 7.99. The van der Waals surface area contributed by atoms with E-state index in [2.05, 4.69) is 9.55 Å². The number of aromatic nitrogens is 3. The van der Waals surface area contributed by atoms with Gasteiger partial charge in [0.25, 0.3) is 0 Å². The Labute approximate surface area is 222 Å². The van der Waals surface area contributed by atoms with Gasteiger partial charge in [-0.2, -0.15) is 0 Å². The number of hydrogen-bond acceptors (Lipinski definition) is 5. The van der Waals surface area contributed by atoms with Gasteiger partial charge in [0.1, 0.15) is 22.7 Å². The lowest BCUT2D eigenvalue weighted by Gasteiger charge is -2.12. The lowest BCUT2D eigenvalue weighted by atomic mass is 10.0. The molecule has 0 N–H and O–H groups in total. The van der Waals surface area contributed by atoms with Crippen LogP contribution in [0.15, 0.2) is 85.5 Å². The van der Waals surface area contributed by atoms with Crippen LogP contribution in [0.1, 0.15) is 32.6 Å². The van der Waals surface area contributed by atoms with Crippen LogP contribution in [0.3, 0.4) is 0 Å². The van der Waals surface area contributed by atoms with Crippen molar-refractivity contribution in [3.8, 4) is 11.5 Å². The summed E-state index contributed by atoms with van der Waals surface area (Å²) in [5.41, 5.74) is 3.63. The Morgan fingerprint density at radius 1 is 1.05 bits per heavy atom. The van der Waals surface area contributed by atoms with E-state index in [0.717, 1.165) is 11.3 Å². The third-order valence-electron chi connectivity index (χ3n) is 6.53. The zero-order chi connectivity index (χ0) is 26.4. The number of halogens is 1. The number of ether oxygens (including phenoxy) is 1. The fourth-order valence-electron chi connectivity index (χ4n) is 4.68. The monoisotopic (exact) mass is 526 g/mol. The van der Waals surface area contributed by atoms with Gasteiger partial charge in [0.2, 0.25) is 0 Å². The van der Waals surface area contributed by atoms with Gasteiger partial charge < -0.3 is 14.2 Å². The number of rotatable bonds is 5. The summed E-state index contributed by atoms with van der Waals surface area (Å²) in [5, 5.41) is 0.703. The van der Waals surface area contributed by atoms with Crippen molar-refractivity contribution in [2.24, 2.45) is 0 Å². The minimum atomic E-state index is -0.358. The second-order valence-electron chi connectivity index (χ2n) is 9.19. The van der Waals surface area contributed by atoms with Gasteiger partial charge in [-0.1, -0.05) is 6.07 Å². The zero-order valence-electron chi connectivity index (χ0n) is 20.7.